The predicted molar refractivity (Wildman–Crippen MR) is 138 cm³/mol. The number of carbonyl (C=O) groups is 2. The standard InChI is InChI=1S/C26H33N5O3S/c1-16(2)23(22-13-27-9-10-30(22)4)26(34)31-14-20(32)11-21(31)25(33)28-12-18-5-7-19(8-6-18)24-17(3)29-15-35-24/h5-10,13,15-16,20-23,32H,11-12,14H2,1-4H3,(H,28,33)/t20-,21+,22?,23-/m1/s1. The molecule has 0 spiro atoms. The van der Waals surface area contributed by atoms with E-state index in [9.17, 15) is 14.7 Å². The van der Waals surface area contributed by atoms with Crippen molar-refractivity contribution in [3.63, 3.8) is 0 Å². The summed E-state index contributed by atoms with van der Waals surface area (Å²) in [6.07, 6.45) is 4.83. The van der Waals surface area contributed by atoms with Gasteiger partial charge in [-0.05, 0) is 24.0 Å². The zero-order valence-corrected chi connectivity index (χ0v) is 21.4. The van der Waals surface area contributed by atoms with Crippen LogP contribution < -0.4 is 5.32 Å². The number of rotatable bonds is 7. The topological polar surface area (TPSA) is 98.1 Å². The van der Waals surface area contributed by atoms with Crippen molar-refractivity contribution in [1.29, 1.82) is 0 Å². The van der Waals surface area contributed by atoms with Crippen LogP contribution in [0, 0.1) is 18.8 Å². The third kappa shape index (κ3) is 5.46. The predicted octanol–water partition coefficient (Wildman–Crippen LogP) is 2.82. The lowest BCUT2D eigenvalue weighted by molar-refractivity contribution is -0.143. The number of hydrogen-bond donors (Lipinski definition) is 2. The highest BCUT2D eigenvalue weighted by atomic mass is 32.1. The number of hydrogen-bond acceptors (Lipinski definition) is 7. The fourth-order valence-corrected chi connectivity index (χ4v) is 5.63. The fourth-order valence-electron chi connectivity index (χ4n) is 4.81. The Morgan fingerprint density at radius 2 is 2.00 bits per heavy atom. The zero-order chi connectivity index (χ0) is 25.1. The van der Waals surface area contributed by atoms with Crippen LogP contribution >= 0.6 is 11.3 Å². The van der Waals surface area contributed by atoms with Gasteiger partial charge in [0.25, 0.3) is 0 Å². The molecule has 186 valence electrons. The van der Waals surface area contributed by atoms with E-state index >= 15 is 0 Å². The number of aryl methyl sites for hydroxylation is 1. The summed E-state index contributed by atoms with van der Waals surface area (Å²) >= 11 is 1.60. The molecule has 0 bridgehead atoms. The van der Waals surface area contributed by atoms with Crippen molar-refractivity contribution in [2.75, 3.05) is 13.6 Å². The van der Waals surface area contributed by atoms with Gasteiger partial charge in [-0.3, -0.25) is 14.6 Å². The summed E-state index contributed by atoms with van der Waals surface area (Å²) in [5, 5.41) is 13.3. The van der Waals surface area contributed by atoms with Gasteiger partial charge >= 0.3 is 0 Å². The van der Waals surface area contributed by atoms with Gasteiger partial charge < -0.3 is 20.2 Å². The Balaban J connectivity index is 1.43. The van der Waals surface area contributed by atoms with Crippen LogP contribution in [0.3, 0.4) is 0 Å². The van der Waals surface area contributed by atoms with Crippen molar-refractivity contribution in [2.45, 2.75) is 51.9 Å². The summed E-state index contributed by atoms with van der Waals surface area (Å²) in [4.78, 5) is 40.0. The Bertz CT molecular complexity index is 1110. The molecule has 0 radical (unpaired) electrons. The molecule has 2 aliphatic rings. The van der Waals surface area contributed by atoms with E-state index in [0.29, 0.717) is 6.54 Å². The first kappa shape index (κ1) is 25.1. The van der Waals surface area contributed by atoms with Gasteiger partial charge in [-0.15, -0.1) is 11.3 Å². The van der Waals surface area contributed by atoms with Crippen LogP contribution in [0.1, 0.15) is 31.5 Å². The monoisotopic (exact) mass is 495 g/mol. The highest BCUT2D eigenvalue weighted by molar-refractivity contribution is 7.13. The molecule has 1 aromatic carbocycles. The third-order valence-electron chi connectivity index (χ3n) is 6.76. The first-order chi connectivity index (χ1) is 16.8. The van der Waals surface area contributed by atoms with Crippen LogP contribution in [0.2, 0.25) is 0 Å². The molecule has 0 aliphatic carbocycles. The van der Waals surface area contributed by atoms with Crippen LogP contribution in [0.4, 0.5) is 0 Å². The molecular weight excluding hydrogens is 462 g/mol. The Morgan fingerprint density at radius 1 is 1.26 bits per heavy atom. The van der Waals surface area contributed by atoms with Crippen LogP contribution in [-0.2, 0) is 16.1 Å². The molecule has 1 aromatic heterocycles. The molecule has 1 unspecified atom stereocenters. The number of aliphatic hydroxyl groups is 1. The van der Waals surface area contributed by atoms with Gasteiger partial charge in [0.05, 0.1) is 34.1 Å². The molecule has 2 amide bonds. The number of aromatic nitrogens is 1. The van der Waals surface area contributed by atoms with E-state index < -0.39 is 12.1 Å². The largest absolute Gasteiger partial charge is 0.391 e. The van der Waals surface area contributed by atoms with E-state index in [1.807, 2.05) is 68.7 Å². The van der Waals surface area contributed by atoms with Crippen molar-refractivity contribution >= 4 is 29.4 Å². The van der Waals surface area contributed by atoms with E-state index in [-0.39, 0.29) is 42.7 Å². The highest BCUT2D eigenvalue weighted by Gasteiger charge is 2.44. The Hall–Kier alpha value is -3.04. The first-order valence-corrected chi connectivity index (χ1v) is 12.8. The molecule has 2 aliphatic heterocycles. The lowest BCUT2D eigenvalue weighted by Crippen LogP contribution is -2.53. The van der Waals surface area contributed by atoms with Crippen LogP contribution in [0.5, 0.6) is 0 Å². The molecule has 4 rings (SSSR count). The number of nitrogens with one attached hydrogen (secondary N) is 1. The molecule has 9 heteroatoms. The van der Waals surface area contributed by atoms with Gasteiger partial charge in [-0.2, -0.15) is 0 Å². The SMILES string of the molecule is Cc1ncsc1-c1ccc(CNC(=O)[C@@H]2C[C@@H](O)CN2C(=O)[C@H](C(C)C)C2C=NC=CN2C)cc1. The van der Waals surface area contributed by atoms with E-state index in [2.05, 4.69) is 15.3 Å². The number of aliphatic imine (C=N–C) groups is 1. The van der Waals surface area contributed by atoms with E-state index in [1.165, 1.54) is 0 Å². The average Bonchev–Trinajstić information content (AvgIpc) is 3.44. The van der Waals surface area contributed by atoms with E-state index in [0.717, 1.165) is 21.7 Å². The lowest BCUT2D eigenvalue weighted by Gasteiger charge is -2.37. The van der Waals surface area contributed by atoms with Gasteiger partial charge in [-0.1, -0.05) is 38.1 Å². The summed E-state index contributed by atoms with van der Waals surface area (Å²) in [7, 11) is 1.92. The number of nitrogens with zero attached hydrogens (tertiary/aromatic N) is 4. The summed E-state index contributed by atoms with van der Waals surface area (Å²) in [6.45, 7) is 6.50. The van der Waals surface area contributed by atoms with Crippen molar-refractivity contribution in [3.8, 4) is 10.4 Å². The van der Waals surface area contributed by atoms with Crippen molar-refractivity contribution < 1.29 is 14.7 Å². The summed E-state index contributed by atoms with van der Waals surface area (Å²) in [5.74, 6) is -0.711. The average molecular weight is 496 g/mol. The highest BCUT2D eigenvalue weighted by Crippen LogP contribution is 2.29. The normalized spacial score (nSPS) is 22.6. The van der Waals surface area contributed by atoms with Crippen LogP contribution in [0.15, 0.2) is 47.2 Å². The minimum atomic E-state index is -0.720. The fraction of sp³-hybridized carbons (Fsp3) is 0.462. The molecule has 0 saturated carbocycles. The minimum absolute atomic E-state index is 0.0371. The number of β-amino-alcohol motifs (C(OH)–C–C–N with tert-alkyl or cyclic N) is 1. The van der Waals surface area contributed by atoms with Gasteiger partial charge in [0.1, 0.15) is 6.04 Å². The lowest BCUT2D eigenvalue weighted by atomic mass is 9.86. The summed E-state index contributed by atoms with van der Waals surface area (Å²) < 4.78 is 0. The molecule has 8 nitrogen and oxygen atoms in total. The number of likely N-dealkylation sites (tertiary alicyclic amines) is 1. The van der Waals surface area contributed by atoms with Crippen LogP contribution in [-0.4, -0.2) is 69.7 Å². The molecule has 4 atom stereocenters. The number of carbonyl (C=O) groups excluding carboxylic acids is 2. The van der Waals surface area contributed by atoms with Crippen molar-refractivity contribution in [2.24, 2.45) is 16.8 Å². The van der Waals surface area contributed by atoms with Crippen molar-refractivity contribution in [1.82, 2.24) is 20.1 Å². The maximum atomic E-state index is 13.7. The second kappa shape index (κ2) is 10.7. The molecule has 1 fully saturated rings. The maximum Gasteiger partial charge on any atom is 0.243 e. The minimum Gasteiger partial charge on any atom is -0.391 e. The van der Waals surface area contributed by atoms with Gasteiger partial charge in [0.2, 0.25) is 11.8 Å². The smallest absolute Gasteiger partial charge is 0.243 e. The molecule has 35 heavy (non-hydrogen) atoms. The molecule has 2 N–H and O–H groups in total. The Labute approximate surface area is 210 Å². The van der Waals surface area contributed by atoms with Gasteiger partial charge in [-0.25, -0.2) is 4.98 Å². The molecule has 2 aromatic rings. The first-order valence-electron chi connectivity index (χ1n) is 11.9. The number of aliphatic hydroxyl groups excluding tert-OH is 1. The molecule has 1 saturated heterocycles. The third-order valence-corrected chi connectivity index (χ3v) is 7.74. The second-order valence-electron chi connectivity index (χ2n) is 9.60. The number of amides is 2. The second-order valence-corrected chi connectivity index (χ2v) is 10.5. The van der Waals surface area contributed by atoms with E-state index in [4.69, 9.17) is 0 Å². The maximum absolute atomic E-state index is 13.7. The Kier molecular flexibility index (Phi) is 7.66. The summed E-state index contributed by atoms with van der Waals surface area (Å²) in [5.41, 5.74) is 4.90. The molecule has 3 heterocycles. The van der Waals surface area contributed by atoms with E-state index in [1.54, 1.807) is 28.7 Å². The van der Waals surface area contributed by atoms with Gasteiger partial charge in [0, 0.05) is 45.2 Å². The Morgan fingerprint density at radius 3 is 2.63 bits per heavy atom. The summed E-state index contributed by atoms with van der Waals surface area (Å²) in [6, 6.07) is 7.14. The van der Waals surface area contributed by atoms with Crippen molar-refractivity contribution in [3.05, 3.63) is 53.4 Å². The zero-order valence-electron chi connectivity index (χ0n) is 20.6. The number of thiazole rings is 1. The quantitative estimate of drug-likeness (QED) is 0.616. The van der Waals surface area contributed by atoms with Gasteiger partial charge in [0.15, 0.2) is 0 Å². The molecular formula is C26H33N5O3S. The van der Waals surface area contributed by atoms with Crippen LogP contribution in [0.25, 0.3) is 10.4 Å². The number of benzene rings is 1.